The minimum absolute atomic E-state index is 0.193. The summed E-state index contributed by atoms with van der Waals surface area (Å²) in [7, 11) is 0. The van der Waals surface area contributed by atoms with E-state index in [2.05, 4.69) is 34.0 Å². The SMILES string of the molecule is CC(NC(=O)C(=O)N/N=C1\CC(c2ccccc2)Sc2ccccc21)c1ccccc1. The first-order valence-corrected chi connectivity index (χ1v) is 11.0. The Hall–Kier alpha value is -3.38. The molecule has 5 nitrogen and oxygen atoms in total. The number of amides is 2. The summed E-state index contributed by atoms with van der Waals surface area (Å²) in [5.74, 6) is -1.49. The van der Waals surface area contributed by atoms with Crippen LogP contribution in [0.1, 0.15) is 41.3 Å². The van der Waals surface area contributed by atoms with Gasteiger partial charge in [-0.25, -0.2) is 5.43 Å². The average Bonchev–Trinajstić information content (AvgIpc) is 2.83. The van der Waals surface area contributed by atoms with E-state index >= 15 is 0 Å². The monoisotopic (exact) mass is 429 g/mol. The van der Waals surface area contributed by atoms with E-state index in [1.807, 2.05) is 73.7 Å². The van der Waals surface area contributed by atoms with E-state index in [0.29, 0.717) is 6.42 Å². The molecular formula is C25H23N3O2S. The predicted octanol–water partition coefficient (Wildman–Crippen LogP) is 4.62. The van der Waals surface area contributed by atoms with Gasteiger partial charge in [0.2, 0.25) is 0 Å². The van der Waals surface area contributed by atoms with Crippen molar-refractivity contribution < 1.29 is 9.59 Å². The second kappa shape index (κ2) is 9.62. The molecule has 2 unspecified atom stereocenters. The molecule has 0 fully saturated rings. The molecular weight excluding hydrogens is 406 g/mol. The lowest BCUT2D eigenvalue weighted by Crippen LogP contribution is -2.39. The molecule has 1 heterocycles. The van der Waals surface area contributed by atoms with Gasteiger partial charge in [0.1, 0.15) is 0 Å². The topological polar surface area (TPSA) is 70.6 Å². The minimum Gasteiger partial charge on any atom is -0.341 e. The third-order valence-corrected chi connectivity index (χ3v) is 6.50. The number of nitrogens with one attached hydrogen (secondary N) is 2. The van der Waals surface area contributed by atoms with Crippen LogP contribution in [0.15, 0.2) is 94.9 Å². The van der Waals surface area contributed by atoms with Gasteiger partial charge in [0, 0.05) is 22.1 Å². The first-order valence-electron chi connectivity index (χ1n) is 10.1. The Labute approximate surface area is 186 Å². The molecule has 2 atom stereocenters. The number of fused-ring (bicyclic) bond motifs is 1. The number of hydrogen-bond donors (Lipinski definition) is 2. The van der Waals surface area contributed by atoms with Crippen LogP contribution in [0.2, 0.25) is 0 Å². The molecule has 3 aromatic carbocycles. The maximum atomic E-state index is 12.4. The van der Waals surface area contributed by atoms with E-state index < -0.39 is 11.8 Å². The van der Waals surface area contributed by atoms with Crippen molar-refractivity contribution in [3.63, 3.8) is 0 Å². The number of thioether (sulfide) groups is 1. The van der Waals surface area contributed by atoms with Crippen LogP contribution in [0.3, 0.4) is 0 Å². The van der Waals surface area contributed by atoms with Crippen molar-refractivity contribution >= 4 is 29.3 Å². The van der Waals surface area contributed by atoms with Crippen LogP contribution in [0.5, 0.6) is 0 Å². The lowest BCUT2D eigenvalue weighted by molar-refractivity contribution is -0.139. The van der Waals surface area contributed by atoms with E-state index in [1.165, 1.54) is 5.56 Å². The molecule has 2 amide bonds. The Bertz CT molecular complexity index is 1100. The molecule has 0 aromatic heterocycles. The van der Waals surface area contributed by atoms with Crippen LogP contribution in [0.25, 0.3) is 0 Å². The molecule has 1 aliphatic heterocycles. The van der Waals surface area contributed by atoms with Crippen molar-refractivity contribution in [3.05, 3.63) is 102 Å². The van der Waals surface area contributed by atoms with Gasteiger partial charge in [-0.15, -0.1) is 11.8 Å². The predicted molar refractivity (Wildman–Crippen MR) is 124 cm³/mol. The lowest BCUT2D eigenvalue weighted by atomic mass is 10.0. The molecule has 156 valence electrons. The fourth-order valence-electron chi connectivity index (χ4n) is 3.50. The lowest BCUT2D eigenvalue weighted by Gasteiger charge is -2.25. The maximum Gasteiger partial charge on any atom is 0.329 e. The molecule has 0 saturated heterocycles. The van der Waals surface area contributed by atoms with E-state index in [0.717, 1.165) is 21.7 Å². The second-order valence-corrected chi connectivity index (χ2v) is 8.57. The molecule has 31 heavy (non-hydrogen) atoms. The number of carbonyl (C=O) groups is 2. The summed E-state index contributed by atoms with van der Waals surface area (Å²) in [5.41, 5.74) is 6.33. The average molecular weight is 430 g/mol. The highest BCUT2D eigenvalue weighted by Crippen LogP contribution is 2.44. The van der Waals surface area contributed by atoms with Gasteiger partial charge in [-0.1, -0.05) is 78.9 Å². The van der Waals surface area contributed by atoms with Gasteiger partial charge < -0.3 is 5.32 Å². The van der Waals surface area contributed by atoms with Gasteiger partial charge in [-0.05, 0) is 24.1 Å². The third-order valence-electron chi connectivity index (χ3n) is 5.16. The first kappa shape index (κ1) is 20.9. The van der Waals surface area contributed by atoms with Crippen molar-refractivity contribution in [2.45, 2.75) is 29.5 Å². The van der Waals surface area contributed by atoms with E-state index in [-0.39, 0.29) is 11.3 Å². The summed E-state index contributed by atoms with van der Waals surface area (Å²) in [6.45, 7) is 1.84. The van der Waals surface area contributed by atoms with Crippen molar-refractivity contribution in [1.29, 1.82) is 0 Å². The number of benzene rings is 3. The summed E-state index contributed by atoms with van der Waals surface area (Å²) in [5, 5.41) is 7.25. The van der Waals surface area contributed by atoms with Gasteiger partial charge in [-0.3, -0.25) is 9.59 Å². The molecule has 4 rings (SSSR count). The zero-order chi connectivity index (χ0) is 21.6. The highest BCUT2D eigenvalue weighted by molar-refractivity contribution is 7.99. The molecule has 0 aliphatic carbocycles. The standard InChI is InChI=1S/C25H23N3O2S/c1-17(18-10-4-2-5-11-18)26-24(29)25(30)28-27-21-16-23(19-12-6-3-7-13-19)31-22-15-9-8-14-20(21)22/h2-15,17,23H,16H2,1H3,(H,26,29)(H,28,30)/b27-21+. The zero-order valence-corrected chi connectivity index (χ0v) is 17.9. The van der Waals surface area contributed by atoms with Gasteiger partial charge >= 0.3 is 11.8 Å². The summed E-state index contributed by atoms with van der Waals surface area (Å²) >= 11 is 1.79. The summed E-state index contributed by atoms with van der Waals surface area (Å²) in [6, 6.07) is 27.5. The minimum atomic E-state index is -0.776. The van der Waals surface area contributed by atoms with Crippen LogP contribution < -0.4 is 10.7 Å². The van der Waals surface area contributed by atoms with E-state index in [1.54, 1.807) is 11.8 Å². The second-order valence-electron chi connectivity index (χ2n) is 7.32. The van der Waals surface area contributed by atoms with Crippen molar-refractivity contribution in [3.8, 4) is 0 Å². The van der Waals surface area contributed by atoms with Crippen molar-refractivity contribution in [1.82, 2.24) is 10.7 Å². The van der Waals surface area contributed by atoms with E-state index in [9.17, 15) is 9.59 Å². The highest BCUT2D eigenvalue weighted by atomic mass is 32.2. The molecule has 0 spiro atoms. The fraction of sp³-hybridized carbons (Fsp3) is 0.160. The maximum absolute atomic E-state index is 12.4. The highest BCUT2D eigenvalue weighted by Gasteiger charge is 2.26. The number of hydrogen-bond acceptors (Lipinski definition) is 4. The summed E-state index contributed by atoms with van der Waals surface area (Å²) < 4.78 is 0. The molecule has 0 bridgehead atoms. The largest absolute Gasteiger partial charge is 0.341 e. The smallest absolute Gasteiger partial charge is 0.329 e. The number of hydrazone groups is 1. The Kier molecular flexibility index (Phi) is 6.48. The van der Waals surface area contributed by atoms with Gasteiger partial charge in [0.25, 0.3) is 0 Å². The Morgan fingerprint density at radius 3 is 2.29 bits per heavy atom. The van der Waals surface area contributed by atoms with Crippen molar-refractivity contribution in [2.24, 2.45) is 5.10 Å². The van der Waals surface area contributed by atoms with Crippen LogP contribution in [-0.2, 0) is 9.59 Å². The van der Waals surface area contributed by atoms with Crippen LogP contribution in [-0.4, -0.2) is 17.5 Å². The Morgan fingerprint density at radius 1 is 0.903 bits per heavy atom. The first-order chi connectivity index (χ1) is 15.1. The fourth-order valence-corrected chi connectivity index (χ4v) is 4.81. The zero-order valence-electron chi connectivity index (χ0n) is 17.1. The third kappa shape index (κ3) is 5.03. The molecule has 6 heteroatoms. The summed E-state index contributed by atoms with van der Waals surface area (Å²) in [6.07, 6.45) is 0.661. The Morgan fingerprint density at radius 2 is 1.55 bits per heavy atom. The van der Waals surface area contributed by atoms with Gasteiger partial charge in [-0.2, -0.15) is 5.10 Å². The number of carbonyl (C=O) groups excluding carboxylic acids is 2. The van der Waals surface area contributed by atoms with Gasteiger partial charge in [0.05, 0.1) is 11.8 Å². The van der Waals surface area contributed by atoms with Crippen LogP contribution >= 0.6 is 11.8 Å². The number of rotatable bonds is 4. The van der Waals surface area contributed by atoms with Crippen LogP contribution in [0, 0.1) is 0 Å². The normalized spacial score (nSPS) is 17.5. The molecule has 2 N–H and O–H groups in total. The van der Waals surface area contributed by atoms with Crippen LogP contribution in [0.4, 0.5) is 0 Å². The van der Waals surface area contributed by atoms with E-state index in [4.69, 9.17) is 0 Å². The molecule has 0 radical (unpaired) electrons. The van der Waals surface area contributed by atoms with Crippen molar-refractivity contribution in [2.75, 3.05) is 0 Å². The van der Waals surface area contributed by atoms with Gasteiger partial charge in [0.15, 0.2) is 0 Å². The Balaban J connectivity index is 1.48. The molecule has 1 aliphatic rings. The molecule has 3 aromatic rings. The number of nitrogens with zero attached hydrogens (tertiary/aromatic N) is 1. The molecule has 0 saturated carbocycles. The quantitative estimate of drug-likeness (QED) is 0.470. The summed E-state index contributed by atoms with van der Waals surface area (Å²) in [4.78, 5) is 25.8.